The molecule has 1 aromatic carbocycles. The third-order valence-corrected chi connectivity index (χ3v) is 4.79. The Kier molecular flexibility index (Phi) is 5.71. The molecule has 4 aromatic rings. The lowest BCUT2D eigenvalue weighted by molar-refractivity contribution is -0.111. The van der Waals surface area contributed by atoms with E-state index in [0.29, 0.717) is 11.4 Å². The maximum atomic E-state index is 12.3. The van der Waals surface area contributed by atoms with E-state index in [1.807, 2.05) is 35.0 Å². The van der Waals surface area contributed by atoms with Crippen molar-refractivity contribution < 1.29 is 9.53 Å². The van der Waals surface area contributed by atoms with Crippen molar-refractivity contribution in [3.63, 3.8) is 0 Å². The van der Waals surface area contributed by atoms with Crippen molar-refractivity contribution in [2.45, 2.75) is 6.61 Å². The van der Waals surface area contributed by atoms with E-state index in [1.54, 1.807) is 24.3 Å². The van der Waals surface area contributed by atoms with Gasteiger partial charge in [-0.15, -0.1) is 0 Å². The molecule has 1 N–H and O–H groups in total. The first-order valence-corrected chi connectivity index (χ1v) is 9.82. The number of amides is 1. The van der Waals surface area contributed by atoms with Gasteiger partial charge in [0.2, 0.25) is 5.91 Å². The number of anilines is 1. The third-order valence-electron chi connectivity index (χ3n) is 4.79. The number of pyridine rings is 1. The minimum atomic E-state index is -0.473. The number of hydrogen-bond acceptors (Lipinski definition) is 5. The predicted octanol–water partition coefficient (Wildman–Crippen LogP) is 1.96. The lowest BCUT2D eigenvalue weighted by Crippen LogP contribution is -2.37. The molecule has 1 amide bonds. The largest absolute Gasteiger partial charge is 0.487 e. The normalized spacial score (nSPS) is 11.2. The molecule has 0 radical (unpaired) electrons. The molecule has 0 aliphatic heterocycles. The van der Waals surface area contributed by atoms with E-state index >= 15 is 0 Å². The zero-order valence-electron chi connectivity index (χ0n) is 17.6. The van der Waals surface area contributed by atoms with Gasteiger partial charge in [0.1, 0.15) is 18.0 Å². The minimum absolute atomic E-state index is 0.231. The first-order chi connectivity index (χ1) is 15.4. The van der Waals surface area contributed by atoms with E-state index in [-0.39, 0.29) is 12.2 Å². The van der Waals surface area contributed by atoms with Gasteiger partial charge >= 0.3 is 5.69 Å². The van der Waals surface area contributed by atoms with Crippen molar-refractivity contribution in [3.05, 3.63) is 99.2 Å². The van der Waals surface area contributed by atoms with E-state index in [9.17, 15) is 14.4 Å². The van der Waals surface area contributed by atoms with Crippen molar-refractivity contribution in [2.24, 2.45) is 14.1 Å². The SMILES string of the molecule is Cn1cc(/C=C/C(=O)Nc2cccc(OCc3cn4ccccc4n3)c2)c(=O)n(C)c1=O. The van der Waals surface area contributed by atoms with Gasteiger partial charge in [-0.2, -0.15) is 0 Å². The smallest absolute Gasteiger partial charge is 0.330 e. The highest BCUT2D eigenvalue weighted by Crippen LogP contribution is 2.19. The van der Waals surface area contributed by atoms with E-state index in [4.69, 9.17) is 4.74 Å². The molecule has 0 bridgehead atoms. The highest BCUT2D eigenvalue weighted by Gasteiger charge is 2.06. The number of nitrogens with zero attached hydrogens (tertiary/aromatic N) is 4. The van der Waals surface area contributed by atoms with E-state index in [0.717, 1.165) is 15.9 Å². The number of rotatable bonds is 6. The Morgan fingerprint density at radius 3 is 2.78 bits per heavy atom. The number of carbonyl (C=O) groups excluding carboxylic acids is 1. The lowest BCUT2D eigenvalue weighted by Gasteiger charge is -2.07. The Bertz CT molecular complexity index is 1410. The number of hydrogen-bond donors (Lipinski definition) is 1. The van der Waals surface area contributed by atoms with Gasteiger partial charge in [0, 0.05) is 50.5 Å². The summed E-state index contributed by atoms with van der Waals surface area (Å²) in [6, 6.07) is 12.7. The number of aryl methyl sites for hydroxylation is 1. The molecule has 0 spiro atoms. The van der Waals surface area contributed by atoms with Crippen molar-refractivity contribution in [3.8, 4) is 5.75 Å². The van der Waals surface area contributed by atoms with Gasteiger partial charge in [0.05, 0.1) is 11.3 Å². The summed E-state index contributed by atoms with van der Waals surface area (Å²) in [5.74, 6) is 0.161. The van der Waals surface area contributed by atoms with Crippen molar-refractivity contribution in [1.82, 2.24) is 18.5 Å². The molecule has 9 heteroatoms. The van der Waals surface area contributed by atoms with Crippen LogP contribution in [0.5, 0.6) is 5.75 Å². The molecular formula is C23H21N5O4. The number of ether oxygens (including phenoxy) is 1. The van der Waals surface area contributed by atoms with Gasteiger partial charge in [-0.05, 0) is 30.3 Å². The molecular weight excluding hydrogens is 410 g/mol. The average Bonchev–Trinajstić information content (AvgIpc) is 3.21. The Morgan fingerprint density at radius 2 is 1.97 bits per heavy atom. The van der Waals surface area contributed by atoms with Crippen LogP contribution in [0, 0.1) is 0 Å². The third kappa shape index (κ3) is 4.51. The van der Waals surface area contributed by atoms with Gasteiger partial charge in [0.15, 0.2) is 0 Å². The highest BCUT2D eigenvalue weighted by atomic mass is 16.5. The monoisotopic (exact) mass is 431 g/mol. The van der Waals surface area contributed by atoms with Gasteiger partial charge in [-0.25, -0.2) is 9.78 Å². The van der Waals surface area contributed by atoms with Gasteiger partial charge in [-0.1, -0.05) is 12.1 Å². The van der Waals surface area contributed by atoms with Crippen molar-refractivity contribution >= 4 is 23.3 Å². The Balaban J connectivity index is 1.41. The molecule has 0 aliphatic carbocycles. The van der Waals surface area contributed by atoms with Crippen LogP contribution in [-0.4, -0.2) is 24.4 Å². The lowest BCUT2D eigenvalue weighted by atomic mass is 10.2. The van der Waals surface area contributed by atoms with Crippen LogP contribution in [-0.2, 0) is 25.5 Å². The Hall–Kier alpha value is -4.40. The average molecular weight is 431 g/mol. The Morgan fingerprint density at radius 1 is 1.12 bits per heavy atom. The molecule has 0 saturated heterocycles. The van der Waals surface area contributed by atoms with Crippen LogP contribution in [0.2, 0.25) is 0 Å². The maximum absolute atomic E-state index is 12.3. The standard InChI is InChI=1S/C23H21N5O4/c1-26-13-16(22(30)27(2)23(26)31)9-10-21(29)25-17-6-5-7-19(12-17)32-15-18-14-28-11-4-3-8-20(28)24-18/h3-14H,15H2,1-2H3,(H,25,29)/b10-9+. The predicted molar refractivity (Wildman–Crippen MR) is 121 cm³/mol. The quantitative estimate of drug-likeness (QED) is 0.471. The topological polar surface area (TPSA) is 99.6 Å². The first kappa shape index (κ1) is 20.9. The summed E-state index contributed by atoms with van der Waals surface area (Å²) in [5.41, 5.74) is 1.49. The molecule has 162 valence electrons. The molecule has 9 nitrogen and oxygen atoms in total. The molecule has 0 atom stereocenters. The minimum Gasteiger partial charge on any atom is -0.487 e. The summed E-state index contributed by atoms with van der Waals surface area (Å²) in [7, 11) is 2.93. The number of imidazole rings is 1. The summed E-state index contributed by atoms with van der Waals surface area (Å²) in [4.78, 5) is 40.7. The molecule has 3 heterocycles. The van der Waals surface area contributed by atoms with Crippen LogP contribution in [0.1, 0.15) is 11.3 Å². The second-order valence-corrected chi connectivity index (χ2v) is 7.18. The number of nitrogens with one attached hydrogen (secondary N) is 1. The number of fused-ring (bicyclic) bond motifs is 1. The number of carbonyl (C=O) groups is 1. The van der Waals surface area contributed by atoms with E-state index in [1.165, 1.54) is 37.0 Å². The van der Waals surface area contributed by atoms with Crippen LogP contribution in [0.4, 0.5) is 5.69 Å². The summed E-state index contributed by atoms with van der Waals surface area (Å²) in [6.07, 6.45) is 7.82. The second-order valence-electron chi connectivity index (χ2n) is 7.18. The van der Waals surface area contributed by atoms with Gasteiger partial charge in [0.25, 0.3) is 5.56 Å². The summed E-state index contributed by atoms with van der Waals surface area (Å²) < 4.78 is 9.99. The molecule has 0 saturated carbocycles. The van der Waals surface area contributed by atoms with Crippen LogP contribution in [0.25, 0.3) is 11.7 Å². The molecule has 32 heavy (non-hydrogen) atoms. The zero-order chi connectivity index (χ0) is 22.7. The fourth-order valence-electron chi connectivity index (χ4n) is 3.18. The fourth-order valence-corrected chi connectivity index (χ4v) is 3.18. The van der Waals surface area contributed by atoms with Crippen molar-refractivity contribution in [2.75, 3.05) is 5.32 Å². The van der Waals surface area contributed by atoms with Crippen LogP contribution in [0.15, 0.2) is 76.7 Å². The van der Waals surface area contributed by atoms with Gasteiger partial charge in [-0.3, -0.25) is 14.2 Å². The fraction of sp³-hybridized carbons (Fsp3) is 0.130. The number of benzene rings is 1. The molecule has 0 unspecified atom stereocenters. The van der Waals surface area contributed by atoms with Crippen LogP contribution < -0.4 is 21.3 Å². The zero-order valence-corrected chi connectivity index (χ0v) is 17.6. The summed E-state index contributed by atoms with van der Waals surface area (Å²) in [6.45, 7) is 0.287. The first-order valence-electron chi connectivity index (χ1n) is 9.82. The van der Waals surface area contributed by atoms with Gasteiger partial charge < -0.3 is 19.0 Å². The Labute approximate surface area is 182 Å². The number of aromatic nitrogens is 4. The molecule has 4 rings (SSSR count). The van der Waals surface area contributed by atoms with Crippen LogP contribution >= 0.6 is 0 Å². The maximum Gasteiger partial charge on any atom is 0.330 e. The molecule has 3 aromatic heterocycles. The summed E-state index contributed by atoms with van der Waals surface area (Å²) >= 11 is 0. The van der Waals surface area contributed by atoms with E-state index < -0.39 is 17.2 Å². The highest BCUT2D eigenvalue weighted by molar-refractivity contribution is 6.01. The summed E-state index contributed by atoms with van der Waals surface area (Å²) in [5, 5.41) is 2.73. The molecule has 0 fully saturated rings. The van der Waals surface area contributed by atoms with Crippen LogP contribution in [0.3, 0.4) is 0 Å². The second kappa shape index (κ2) is 8.76. The van der Waals surface area contributed by atoms with E-state index in [2.05, 4.69) is 10.3 Å². The molecule has 0 aliphatic rings. The van der Waals surface area contributed by atoms with Crippen molar-refractivity contribution in [1.29, 1.82) is 0 Å².